The first-order valence-corrected chi connectivity index (χ1v) is 10.5. The van der Waals surface area contributed by atoms with Crippen LogP contribution in [0.25, 0.3) is 0 Å². The molecule has 0 aliphatic carbocycles. The Bertz CT molecular complexity index is 574. The Kier molecular flexibility index (Phi) is 9.51. The number of β-amino-alcohol motifs (C(OH)–C–C–N with tert-alkyl or cyclic N) is 1. The van der Waals surface area contributed by atoms with Crippen molar-refractivity contribution >= 4 is 0 Å². The molecule has 1 atom stereocenters. The van der Waals surface area contributed by atoms with Crippen molar-refractivity contribution in [2.24, 2.45) is 5.92 Å². The molecular weight excluding hydrogens is 354 g/mol. The fourth-order valence-electron chi connectivity index (χ4n) is 3.75. The van der Waals surface area contributed by atoms with Gasteiger partial charge in [-0.1, -0.05) is 26.8 Å². The van der Waals surface area contributed by atoms with Crippen molar-refractivity contribution in [3.8, 4) is 11.5 Å². The molecule has 0 bridgehead atoms. The van der Waals surface area contributed by atoms with Crippen molar-refractivity contribution < 1.29 is 14.6 Å². The summed E-state index contributed by atoms with van der Waals surface area (Å²) in [5, 5.41) is 10.4. The van der Waals surface area contributed by atoms with E-state index in [9.17, 15) is 5.11 Å². The van der Waals surface area contributed by atoms with E-state index in [1.165, 1.54) is 5.56 Å². The third-order valence-corrected chi connectivity index (χ3v) is 5.17. The van der Waals surface area contributed by atoms with Gasteiger partial charge in [0.2, 0.25) is 0 Å². The van der Waals surface area contributed by atoms with Crippen molar-refractivity contribution in [3.05, 3.63) is 23.8 Å². The summed E-state index contributed by atoms with van der Waals surface area (Å²) in [7, 11) is 3.79. The lowest BCUT2D eigenvalue weighted by atomic mass is 10.1. The lowest BCUT2D eigenvalue weighted by Gasteiger charge is -2.34. The topological polar surface area (TPSA) is 48.4 Å². The molecule has 0 saturated carbocycles. The van der Waals surface area contributed by atoms with Crippen LogP contribution in [0.2, 0.25) is 0 Å². The van der Waals surface area contributed by atoms with Gasteiger partial charge >= 0.3 is 0 Å². The number of rotatable bonds is 11. The highest BCUT2D eigenvalue weighted by Gasteiger charge is 2.19. The molecule has 1 unspecified atom stereocenters. The van der Waals surface area contributed by atoms with Gasteiger partial charge in [0.15, 0.2) is 11.5 Å². The van der Waals surface area contributed by atoms with Gasteiger partial charge in [0.05, 0.1) is 7.11 Å². The molecule has 2 rings (SSSR count). The SMILES string of the molecule is CCN1CCN(CC(O)COc2ccc(CN(C)CC(C)C)cc2OC)CC1. The molecule has 1 aliphatic rings. The zero-order chi connectivity index (χ0) is 20.5. The standard InChI is InChI=1S/C22H39N3O3/c1-6-24-9-11-25(12-10-24)16-20(26)17-28-21-8-7-19(13-22(21)27-5)15-23(4)14-18(2)3/h7-8,13,18,20,26H,6,9-12,14-17H2,1-5H3. The normalized spacial score (nSPS) is 17.3. The second-order valence-corrected chi connectivity index (χ2v) is 8.28. The minimum atomic E-state index is -0.505. The quantitative estimate of drug-likeness (QED) is 0.622. The first kappa shape index (κ1) is 22.9. The predicted molar refractivity (Wildman–Crippen MR) is 114 cm³/mol. The maximum absolute atomic E-state index is 10.4. The van der Waals surface area contributed by atoms with E-state index < -0.39 is 6.10 Å². The van der Waals surface area contributed by atoms with Gasteiger partial charge in [0.1, 0.15) is 12.7 Å². The first-order chi connectivity index (χ1) is 13.4. The van der Waals surface area contributed by atoms with Gasteiger partial charge in [-0.25, -0.2) is 0 Å². The molecule has 1 N–H and O–H groups in total. The van der Waals surface area contributed by atoms with E-state index in [1.807, 2.05) is 12.1 Å². The molecule has 0 amide bonds. The minimum Gasteiger partial charge on any atom is -0.493 e. The van der Waals surface area contributed by atoms with Crippen LogP contribution in [0.1, 0.15) is 26.3 Å². The van der Waals surface area contributed by atoms with Crippen molar-refractivity contribution in [1.29, 1.82) is 0 Å². The molecule has 6 heteroatoms. The van der Waals surface area contributed by atoms with Gasteiger partial charge in [-0.3, -0.25) is 4.90 Å². The summed E-state index contributed by atoms with van der Waals surface area (Å²) < 4.78 is 11.4. The summed E-state index contributed by atoms with van der Waals surface area (Å²) in [5.41, 5.74) is 1.20. The Morgan fingerprint density at radius 1 is 1.11 bits per heavy atom. The predicted octanol–water partition coefficient (Wildman–Crippen LogP) is 2.16. The average Bonchev–Trinajstić information content (AvgIpc) is 2.66. The number of hydrogen-bond donors (Lipinski definition) is 1. The third-order valence-electron chi connectivity index (χ3n) is 5.17. The van der Waals surface area contributed by atoms with Crippen LogP contribution >= 0.6 is 0 Å². The van der Waals surface area contributed by atoms with E-state index in [0.29, 0.717) is 18.2 Å². The van der Waals surface area contributed by atoms with Gasteiger partial charge in [-0.2, -0.15) is 0 Å². The molecule has 1 aromatic carbocycles. The molecule has 1 fully saturated rings. The fraction of sp³-hybridized carbons (Fsp3) is 0.727. The van der Waals surface area contributed by atoms with Gasteiger partial charge in [-0.05, 0) is 37.2 Å². The monoisotopic (exact) mass is 393 g/mol. The van der Waals surface area contributed by atoms with Crippen LogP contribution in [0, 0.1) is 5.92 Å². The van der Waals surface area contributed by atoms with Crippen molar-refractivity contribution in [1.82, 2.24) is 14.7 Å². The average molecular weight is 394 g/mol. The zero-order valence-electron chi connectivity index (χ0n) is 18.4. The van der Waals surface area contributed by atoms with Gasteiger partial charge < -0.3 is 24.4 Å². The fourth-order valence-corrected chi connectivity index (χ4v) is 3.75. The first-order valence-electron chi connectivity index (χ1n) is 10.5. The molecule has 28 heavy (non-hydrogen) atoms. The molecular formula is C22H39N3O3. The molecule has 160 valence electrons. The highest BCUT2D eigenvalue weighted by molar-refractivity contribution is 5.43. The van der Waals surface area contributed by atoms with E-state index in [-0.39, 0.29) is 6.61 Å². The Morgan fingerprint density at radius 2 is 1.79 bits per heavy atom. The number of aliphatic hydroxyl groups excluding tert-OH is 1. The van der Waals surface area contributed by atoms with Gasteiger partial charge in [0.25, 0.3) is 0 Å². The summed E-state index contributed by atoms with van der Waals surface area (Å²) in [5.74, 6) is 2.05. The highest BCUT2D eigenvalue weighted by atomic mass is 16.5. The van der Waals surface area contributed by atoms with Gasteiger partial charge in [-0.15, -0.1) is 0 Å². The maximum atomic E-state index is 10.4. The number of nitrogens with zero attached hydrogens (tertiary/aromatic N) is 3. The Morgan fingerprint density at radius 3 is 2.39 bits per heavy atom. The molecule has 0 aromatic heterocycles. The second-order valence-electron chi connectivity index (χ2n) is 8.28. The van der Waals surface area contributed by atoms with E-state index in [4.69, 9.17) is 9.47 Å². The van der Waals surface area contributed by atoms with Crippen molar-refractivity contribution in [3.63, 3.8) is 0 Å². The molecule has 0 radical (unpaired) electrons. The number of likely N-dealkylation sites (N-methyl/N-ethyl adjacent to an activating group) is 1. The largest absolute Gasteiger partial charge is 0.493 e. The van der Waals surface area contributed by atoms with Crippen LogP contribution in [0.3, 0.4) is 0 Å². The van der Waals surface area contributed by atoms with Crippen LogP contribution in [0.15, 0.2) is 18.2 Å². The summed E-state index contributed by atoms with van der Waals surface area (Å²) in [6, 6.07) is 6.05. The molecule has 1 heterocycles. The van der Waals surface area contributed by atoms with Crippen molar-refractivity contribution in [2.75, 3.05) is 66.6 Å². The summed E-state index contributed by atoms with van der Waals surface area (Å²) >= 11 is 0. The minimum absolute atomic E-state index is 0.275. The Balaban J connectivity index is 1.82. The highest BCUT2D eigenvalue weighted by Crippen LogP contribution is 2.28. The number of methoxy groups -OCH3 is 1. The third kappa shape index (κ3) is 7.59. The van der Waals surface area contributed by atoms with Gasteiger partial charge in [0, 0.05) is 45.8 Å². The number of ether oxygens (including phenoxy) is 2. The lowest BCUT2D eigenvalue weighted by Crippen LogP contribution is -2.49. The molecule has 1 aromatic rings. The smallest absolute Gasteiger partial charge is 0.161 e. The Hall–Kier alpha value is -1.34. The van der Waals surface area contributed by atoms with Crippen LogP contribution < -0.4 is 9.47 Å². The molecule has 1 saturated heterocycles. The summed E-state index contributed by atoms with van der Waals surface area (Å²) in [6.07, 6.45) is -0.505. The molecule has 6 nitrogen and oxygen atoms in total. The van der Waals surface area contributed by atoms with Crippen LogP contribution in [-0.4, -0.2) is 92.5 Å². The van der Waals surface area contributed by atoms with E-state index in [0.717, 1.165) is 51.6 Å². The number of piperazine rings is 1. The van der Waals surface area contributed by atoms with E-state index >= 15 is 0 Å². The molecule has 0 spiro atoms. The number of hydrogen-bond acceptors (Lipinski definition) is 6. The Labute approximate surface area is 171 Å². The van der Waals surface area contributed by atoms with Crippen LogP contribution in [-0.2, 0) is 6.54 Å². The van der Waals surface area contributed by atoms with Crippen molar-refractivity contribution in [2.45, 2.75) is 33.4 Å². The lowest BCUT2D eigenvalue weighted by molar-refractivity contribution is 0.0464. The van der Waals surface area contributed by atoms with Crippen LogP contribution in [0.5, 0.6) is 11.5 Å². The maximum Gasteiger partial charge on any atom is 0.161 e. The number of aliphatic hydroxyl groups is 1. The second kappa shape index (κ2) is 11.6. The summed E-state index contributed by atoms with van der Waals surface area (Å²) in [4.78, 5) is 7.05. The molecule has 1 aliphatic heterocycles. The van der Waals surface area contributed by atoms with E-state index in [1.54, 1.807) is 7.11 Å². The zero-order valence-corrected chi connectivity index (χ0v) is 18.4. The van der Waals surface area contributed by atoms with Crippen LogP contribution in [0.4, 0.5) is 0 Å². The number of benzene rings is 1. The summed E-state index contributed by atoms with van der Waals surface area (Å²) in [6.45, 7) is 14.8. The van der Waals surface area contributed by atoms with E-state index in [2.05, 4.69) is 48.6 Å².